The second-order valence-corrected chi connectivity index (χ2v) is 20.5. The van der Waals surface area contributed by atoms with Crippen molar-refractivity contribution in [2.75, 3.05) is 11.6 Å². The van der Waals surface area contributed by atoms with Gasteiger partial charge in [0, 0.05) is 0 Å². The molecule has 7 heteroatoms. The minimum atomic E-state index is -1.75. The van der Waals surface area contributed by atoms with Crippen LogP contribution < -0.4 is 43.0 Å². The van der Waals surface area contributed by atoms with Crippen LogP contribution in [-0.4, -0.2) is 28.0 Å². The van der Waals surface area contributed by atoms with Crippen molar-refractivity contribution in [3.63, 3.8) is 0 Å². The summed E-state index contributed by atoms with van der Waals surface area (Å²) in [6.45, 7) is 9.62. The van der Waals surface area contributed by atoms with Gasteiger partial charge in [-0.2, -0.15) is 0 Å². The summed E-state index contributed by atoms with van der Waals surface area (Å²) in [5, 5.41) is 1.50. The molecule has 3 rings (SSSR count). The summed E-state index contributed by atoms with van der Waals surface area (Å²) < 4.78 is 0. The third-order valence-corrected chi connectivity index (χ3v) is 16.7. The summed E-state index contributed by atoms with van der Waals surface area (Å²) >= 11 is 0. The van der Waals surface area contributed by atoms with E-state index in [0.29, 0.717) is 0 Å². The summed E-state index contributed by atoms with van der Waals surface area (Å²) in [6.07, 6.45) is 0. The van der Waals surface area contributed by atoms with Crippen molar-refractivity contribution in [3.05, 3.63) is 101 Å². The third-order valence-electron chi connectivity index (χ3n) is 4.65. The number of rotatable bonds is 9. The molecule has 0 heterocycles. The van der Waals surface area contributed by atoms with Gasteiger partial charge in [0.2, 0.25) is 0 Å². The zero-order chi connectivity index (χ0) is 20.7. The third kappa shape index (κ3) is 9.77. The van der Waals surface area contributed by atoms with E-state index in [0.717, 1.165) is 11.4 Å². The van der Waals surface area contributed by atoms with Gasteiger partial charge in [0.15, 0.2) is 0 Å². The minimum absolute atomic E-state index is 0. The van der Waals surface area contributed by atoms with Crippen molar-refractivity contribution in [2.24, 2.45) is 0 Å². The Morgan fingerprint density at radius 3 is 1.23 bits per heavy atom. The molecule has 0 aliphatic carbocycles. The molecule has 0 radical (unpaired) electrons. The summed E-state index contributed by atoms with van der Waals surface area (Å²) in [4.78, 5) is 10.4. The Morgan fingerprint density at radius 1 is 0.548 bits per heavy atom. The van der Waals surface area contributed by atoms with Crippen molar-refractivity contribution in [1.82, 2.24) is 0 Å². The molecule has 0 fully saturated rings. The van der Waals surface area contributed by atoms with E-state index in [1.807, 2.05) is 0 Å². The standard InChI is InChI=1S/C24H31N2PSi2.2Li/c1-28(2,25-22-14-8-5-9-15-22)20-27(24-18-12-7-13-19-24)21-29(3,4)26-23-16-10-6-11-17-23;;/h5-19H,20-21H2,1-4H3;;/q-2;2*+1. The van der Waals surface area contributed by atoms with Crippen LogP contribution in [0.15, 0.2) is 91.0 Å². The number of hydrogen-bond donors (Lipinski definition) is 0. The Hall–Kier alpha value is -0.681. The monoisotopic (exact) mass is 448 g/mol. The molecule has 0 spiro atoms. The van der Waals surface area contributed by atoms with E-state index in [9.17, 15) is 0 Å². The fraction of sp³-hybridized carbons (Fsp3) is 0.250. The van der Waals surface area contributed by atoms with Crippen LogP contribution in [-0.2, 0) is 0 Å². The molecule has 0 N–H and O–H groups in total. The fourth-order valence-corrected chi connectivity index (χ4v) is 16.8. The van der Waals surface area contributed by atoms with Gasteiger partial charge >= 0.3 is 37.7 Å². The quantitative estimate of drug-likeness (QED) is 0.352. The largest absolute Gasteiger partial charge is 1.00 e. The van der Waals surface area contributed by atoms with Crippen molar-refractivity contribution >= 4 is 41.1 Å². The first kappa shape index (κ1) is 28.4. The number of benzene rings is 3. The average Bonchev–Trinajstić information content (AvgIpc) is 2.68. The Labute approximate surface area is 216 Å². The molecule has 0 saturated heterocycles. The Kier molecular flexibility index (Phi) is 12.0. The first-order chi connectivity index (χ1) is 13.8. The predicted octanol–water partition coefficient (Wildman–Crippen LogP) is 1.70. The fourth-order valence-electron chi connectivity index (χ4n) is 3.59. The van der Waals surface area contributed by atoms with Crippen LogP contribution in [0.4, 0.5) is 11.4 Å². The maximum atomic E-state index is 5.21. The summed E-state index contributed by atoms with van der Waals surface area (Å²) in [6, 6.07) is 32.0. The topological polar surface area (TPSA) is 28.2 Å². The van der Waals surface area contributed by atoms with Gasteiger partial charge in [-0.05, 0) is 33.3 Å². The molecule has 0 bridgehead atoms. The van der Waals surface area contributed by atoms with Gasteiger partial charge in [-0.3, -0.25) is 0 Å². The second-order valence-electron chi connectivity index (χ2n) is 8.71. The van der Waals surface area contributed by atoms with E-state index in [1.165, 1.54) is 16.9 Å². The van der Waals surface area contributed by atoms with Crippen molar-refractivity contribution in [2.45, 2.75) is 26.2 Å². The van der Waals surface area contributed by atoms with Crippen LogP contribution in [0.1, 0.15) is 0 Å². The van der Waals surface area contributed by atoms with Crippen LogP contribution in [0.25, 0.3) is 9.96 Å². The number of nitrogens with zero attached hydrogens (tertiary/aromatic N) is 2. The van der Waals surface area contributed by atoms with E-state index < -0.39 is 16.5 Å². The average molecular weight is 449 g/mol. The van der Waals surface area contributed by atoms with Gasteiger partial charge in [-0.1, -0.05) is 125 Å². The maximum Gasteiger partial charge on any atom is 1.00 e. The molecule has 0 aliphatic rings. The SMILES string of the molecule is C[Si](C)(CP(C[Si](C)(C)[N-]c1ccccc1)c1ccccc1)[N-]c1ccccc1.[Li+].[Li+]. The van der Waals surface area contributed by atoms with Gasteiger partial charge in [-0.25, -0.2) is 0 Å². The smallest absolute Gasteiger partial charge is 0.687 e. The number of hydrogen-bond acceptors (Lipinski definition) is 0. The molecule has 0 aliphatic heterocycles. The van der Waals surface area contributed by atoms with Crippen LogP contribution in [0, 0.1) is 0 Å². The zero-order valence-electron chi connectivity index (χ0n) is 19.9. The van der Waals surface area contributed by atoms with Gasteiger partial charge in [0.05, 0.1) is 0 Å². The molecule has 3 aromatic rings. The van der Waals surface area contributed by atoms with Crippen molar-refractivity contribution in [1.29, 1.82) is 0 Å². The summed E-state index contributed by atoms with van der Waals surface area (Å²) in [7, 11) is -3.78. The molecule has 152 valence electrons. The van der Waals surface area contributed by atoms with E-state index >= 15 is 0 Å². The van der Waals surface area contributed by atoms with Crippen molar-refractivity contribution < 1.29 is 37.7 Å². The van der Waals surface area contributed by atoms with Crippen LogP contribution in [0.3, 0.4) is 0 Å². The second kappa shape index (κ2) is 13.1. The van der Waals surface area contributed by atoms with E-state index in [1.54, 1.807) is 0 Å². The van der Waals surface area contributed by atoms with Gasteiger partial charge in [0.1, 0.15) is 0 Å². The minimum Gasteiger partial charge on any atom is -0.687 e. The van der Waals surface area contributed by atoms with E-state index in [4.69, 9.17) is 9.96 Å². The first-order valence-electron chi connectivity index (χ1n) is 10.2. The molecular weight excluding hydrogens is 417 g/mol. The maximum absolute atomic E-state index is 5.21. The Balaban J connectivity index is 0.00000240. The van der Waals surface area contributed by atoms with Gasteiger partial charge < -0.3 is 9.96 Å². The van der Waals surface area contributed by atoms with Crippen LogP contribution in [0.5, 0.6) is 0 Å². The van der Waals surface area contributed by atoms with E-state index in [2.05, 4.69) is 117 Å². The predicted molar refractivity (Wildman–Crippen MR) is 137 cm³/mol. The van der Waals surface area contributed by atoms with Crippen LogP contribution in [0.2, 0.25) is 26.2 Å². The van der Waals surface area contributed by atoms with E-state index in [-0.39, 0.29) is 45.6 Å². The summed E-state index contributed by atoms with van der Waals surface area (Å²) in [5.41, 5.74) is 2.25. The molecule has 2 nitrogen and oxygen atoms in total. The Bertz CT molecular complexity index is 826. The van der Waals surface area contributed by atoms with Crippen LogP contribution >= 0.6 is 7.92 Å². The normalized spacial score (nSPS) is 11.3. The molecule has 3 aromatic carbocycles. The first-order valence-corrected chi connectivity index (χ1v) is 18.2. The Morgan fingerprint density at radius 2 is 0.871 bits per heavy atom. The molecule has 0 saturated carbocycles. The molecule has 0 amide bonds. The molecular formula is C24H31Li2N2PSi2. The van der Waals surface area contributed by atoms with Gasteiger partial charge in [0.25, 0.3) is 0 Å². The van der Waals surface area contributed by atoms with Gasteiger partial charge in [-0.15, -0.1) is 11.4 Å². The molecule has 0 unspecified atom stereocenters. The molecule has 0 aromatic heterocycles. The zero-order valence-corrected chi connectivity index (χ0v) is 22.8. The summed E-state index contributed by atoms with van der Waals surface area (Å²) in [5.74, 6) is 2.42. The molecule has 0 atom stereocenters. The molecule has 31 heavy (non-hydrogen) atoms. The van der Waals surface area contributed by atoms with Crippen molar-refractivity contribution in [3.8, 4) is 0 Å².